The van der Waals surface area contributed by atoms with Gasteiger partial charge < -0.3 is 10.6 Å². The summed E-state index contributed by atoms with van der Waals surface area (Å²) in [6, 6.07) is 18.0. The Morgan fingerprint density at radius 3 is 1.26 bits per heavy atom. The Balaban J connectivity index is 2.17. The summed E-state index contributed by atoms with van der Waals surface area (Å²) in [6.07, 6.45) is 0. The van der Waals surface area contributed by atoms with Crippen molar-refractivity contribution in [3.63, 3.8) is 0 Å². The van der Waals surface area contributed by atoms with Crippen LogP contribution in [-0.4, -0.2) is 12.1 Å². The molecule has 0 radical (unpaired) electrons. The van der Waals surface area contributed by atoms with E-state index >= 15 is 0 Å². The number of anilines is 2. The summed E-state index contributed by atoms with van der Waals surface area (Å²) in [5, 5.41) is 7.59. The van der Waals surface area contributed by atoms with E-state index < -0.39 is 0 Å². The van der Waals surface area contributed by atoms with Crippen LogP contribution in [-0.2, 0) is 0 Å². The van der Waals surface area contributed by atoms with E-state index in [1.807, 2.05) is 0 Å². The highest BCUT2D eigenvalue weighted by Crippen LogP contribution is 2.34. The van der Waals surface area contributed by atoms with Crippen molar-refractivity contribution in [1.29, 1.82) is 0 Å². The van der Waals surface area contributed by atoms with Crippen LogP contribution in [0.4, 0.5) is 11.4 Å². The van der Waals surface area contributed by atoms with E-state index in [0.717, 1.165) is 0 Å². The first-order valence-electron chi connectivity index (χ1n) is 10.4. The normalized spacial score (nSPS) is 14.3. The smallest absolute Gasteiger partial charge is 0.0377 e. The van der Waals surface area contributed by atoms with Gasteiger partial charge >= 0.3 is 0 Å². The quantitative estimate of drug-likeness (QED) is 0.513. The van der Waals surface area contributed by atoms with E-state index in [1.54, 1.807) is 0 Å². The Morgan fingerprint density at radius 1 is 0.593 bits per heavy atom. The van der Waals surface area contributed by atoms with Gasteiger partial charge in [0.1, 0.15) is 0 Å². The van der Waals surface area contributed by atoms with E-state index in [0.29, 0.717) is 23.9 Å². The van der Waals surface area contributed by atoms with Gasteiger partial charge in [-0.1, -0.05) is 77.9 Å². The van der Waals surface area contributed by atoms with Crippen LogP contribution in [0.2, 0.25) is 0 Å². The third kappa shape index (κ3) is 5.06. The molecule has 2 atom stereocenters. The monoisotopic (exact) mass is 366 g/mol. The molecule has 0 fully saturated rings. The van der Waals surface area contributed by atoms with Crippen molar-refractivity contribution in [2.24, 2.45) is 5.41 Å². The summed E-state index contributed by atoms with van der Waals surface area (Å²) in [4.78, 5) is 0. The van der Waals surface area contributed by atoms with Gasteiger partial charge in [0.25, 0.3) is 0 Å². The Hall–Kier alpha value is -1.96. The molecule has 0 aliphatic rings. The predicted octanol–water partition coefficient (Wildman–Crippen LogP) is 7.26. The highest BCUT2D eigenvalue weighted by molar-refractivity contribution is 5.55. The highest BCUT2D eigenvalue weighted by atomic mass is 15.0. The fourth-order valence-corrected chi connectivity index (χ4v) is 3.48. The number of hydrogen-bond acceptors (Lipinski definition) is 2. The molecule has 0 amide bonds. The van der Waals surface area contributed by atoms with E-state index in [9.17, 15) is 0 Å². The van der Waals surface area contributed by atoms with E-state index in [2.05, 4.69) is 115 Å². The molecule has 0 aliphatic carbocycles. The molecule has 2 heteroatoms. The number of nitrogens with one attached hydrogen (secondary N) is 2. The molecular weight excluding hydrogens is 328 g/mol. The standard InChI is InChI=1S/C25H38N2/c1-17(2)21-13-9-11-15-23(21)26-19(5)25(7,8)20(6)27-24-16-12-10-14-22(24)18(3)4/h9-20,26-27H,1-8H3/t19-,20-/m0/s1. The Bertz CT molecular complexity index is 669. The van der Waals surface area contributed by atoms with Gasteiger partial charge in [0.2, 0.25) is 0 Å². The van der Waals surface area contributed by atoms with E-state index in [4.69, 9.17) is 0 Å². The van der Waals surface area contributed by atoms with Crippen LogP contribution in [0, 0.1) is 5.41 Å². The van der Waals surface area contributed by atoms with Crippen molar-refractivity contribution in [2.45, 2.75) is 79.3 Å². The molecule has 2 aromatic rings. The molecule has 148 valence electrons. The fourth-order valence-electron chi connectivity index (χ4n) is 3.48. The van der Waals surface area contributed by atoms with Gasteiger partial charge in [-0.3, -0.25) is 0 Å². The minimum Gasteiger partial charge on any atom is -0.382 e. The van der Waals surface area contributed by atoms with Crippen LogP contribution in [0.1, 0.15) is 78.4 Å². The summed E-state index contributed by atoms with van der Waals surface area (Å²) in [7, 11) is 0. The second-order valence-corrected chi connectivity index (χ2v) is 9.04. The lowest BCUT2D eigenvalue weighted by atomic mass is 9.78. The van der Waals surface area contributed by atoms with E-state index in [1.165, 1.54) is 22.5 Å². The summed E-state index contributed by atoms with van der Waals surface area (Å²) >= 11 is 0. The number of benzene rings is 2. The highest BCUT2D eigenvalue weighted by Gasteiger charge is 2.33. The van der Waals surface area contributed by atoms with Crippen LogP contribution in [0.25, 0.3) is 0 Å². The van der Waals surface area contributed by atoms with Crippen molar-refractivity contribution in [2.75, 3.05) is 10.6 Å². The Labute approximate surface area is 166 Å². The molecule has 27 heavy (non-hydrogen) atoms. The number of para-hydroxylation sites is 2. The van der Waals surface area contributed by atoms with Crippen molar-refractivity contribution in [1.82, 2.24) is 0 Å². The molecule has 0 bridgehead atoms. The van der Waals surface area contributed by atoms with Crippen molar-refractivity contribution in [3.05, 3.63) is 59.7 Å². The van der Waals surface area contributed by atoms with Crippen LogP contribution < -0.4 is 10.6 Å². The Morgan fingerprint density at radius 2 is 0.926 bits per heavy atom. The lowest BCUT2D eigenvalue weighted by Crippen LogP contribution is -2.45. The number of hydrogen-bond donors (Lipinski definition) is 2. The first-order chi connectivity index (χ1) is 12.6. The molecular formula is C25H38N2. The van der Waals surface area contributed by atoms with Crippen LogP contribution in [0.15, 0.2) is 48.5 Å². The third-order valence-electron chi connectivity index (χ3n) is 6.14. The summed E-state index contributed by atoms with van der Waals surface area (Å²) in [5.41, 5.74) is 5.33. The van der Waals surface area contributed by atoms with Crippen LogP contribution >= 0.6 is 0 Å². The minimum absolute atomic E-state index is 0.0637. The summed E-state index contributed by atoms with van der Waals surface area (Å²) < 4.78 is 0. The molecule has 0 aliphatic heterocycles. The average Bonchev–Trinajstić information content (AvgIpc) is 2.62. The first-order valence-corrected chi connectivity index (χ1v) is 10.4. The molecule has 2 nitrogen and oxygen atoms in total. The number of rotatable bonds is 8. The van der Waals surface area contributed by atoms with Gasteiger partial charge in [-0.15, -0.1) is 0 Å². The molecule has 0 spiro atoms. The average molecular weight is 367 g/mol. The maximum Gasteiger partial charge on any atom is 0.0377 e. The second kappa shape index (κ2) is 8.82. The van der Waals surface area contributed by atoms with Crippen molar-refractivity contribution in [3.8, 4) is 0 Å². The van der Waals surface area contributed by atoms with Crippen molar-refractivity contribution < 1.29 is 0 Å². The predicted molar refractivity (Wildman–Crippen MR) is 121 cm³/mol. The molecule has 0 heterocycles. The zero-order valence-corrected chi connectivity index (χ0v) is 18.4. The zero-order chi connectivity index (χ0) is 20.2. The second-order valence-electron chi connectivity index (χ2n) is 9.04. The first kappa shape index (κ1) is 21.3. The molecule has 0 saturated carbocycles. The topological polar surface area (TPSA) is 24.1 Å². The van der Waals surface area contributed by atoms with Crippen LogP contribution in [0.5, 0.6) is 0 Å². The van der Waals surface area contributed by atoms with Gasteiger partial charge in [0.15, 0.2) is 0 Å². The molecule has 2 N–H and O–H groups in total. The van der Waals surface area contributed by atoms with Gasteiger partial charge in [-0.25, -0.2) is 0 Å². The zero-order valence-electron chi connectivity index (χ0n) is 18.4. The maximum atomic E-state index is 3.80. The molecule has 0 aromatic heterocycles. The molecule has 0 saturated heterocycles. The fraction of sp³-hybridized carbons (Fsp3) is 0.520. The van der Waals surface area contributed by atoms with Gasteiger partial charge in [0, 0.05) is 28.9 Å². The summed E-state index contributed by atoms with van der Waals surface area (Å²) in [6.45, 7) is 18.3. The molecule has 2 rings (SSSR count). The maximum absolute atomic E-state index is 3.80. The molecule has 2 aromatic carbocycles. The lowest BCUT2D eigenvalue weighted by molar-refractivity contribution is 0.278. The largest absolute Gasteiger partial charge is 0.382 e. The van der Waals surface area contributed by atoms with Gasteiger partial charge in [-0.05, 0) is 48.9 Å². The SMILES string of the molecule is CC(C)c1ccccc1N[C@@H](C)C(C)(C)[C@H](C)Nc1ccccc1C(C)C. The Kier molecular flexibility index (Phi) is 6.97. The van der Waals surface area contributed by atoms with Gasteiger partial charge in [-0.2, -0.15) is 0 Å². The minimum atomic E-state index is 0.0637. The third-order valence-corrected chi connectivity index (χ3v) is 6.14. The summed E-state index contributed by atoms with van der Waals surface area (Å²) in [5.74, 6) is 1.02. The molecule has 0 unspecified atom stereocenters. The van der Waals surface area contributed by atoms with E-state index in [-0.39, 0.29) is 5.41 Å². The van der Waals surface area contributed by atoms with Crippen LogP contribution in [0.3, 0.4) is 0 Å². The van der Waals surface area contributed by atoms with Crippen molar-refractivity contribution >= 4 is 11.4 Å². The van der Waals surface area contributed by atoms with Gasteiger partial charge in [0.05, 0.1) is 0 Å². The lowest BCUT2D eigenvalue weighted by Gasteiger charge is -2.40.